The first-order chi connectivity index (χ1) is 19.6. The number of thiophene rings is 1. The molecule has 2 fully saturated rings. The largest absolute Gasteiger partial charge is 0.473 e. The van der Waals surface area contributed by atoms with E-state index in [0.29, 0.717) is 32.1 Å². The second-order valence-corrected chi connectivity index (χ2v) is 12.7. The van der Waals surface area contributed by atoms with Crippen molar-refractivity contribution in [2.75, 3.05) is 63.6 Å². The third-order valence-electron chi connectivity index (χ3n) is 6.80. The minimum absolute atomic E-state index is 0.529. The SMILES string of the molecule is CS(=O)(=O)N1CCN(Cc2cc3nc(-c4cccc5[nH]ncc45)nc(N4CCOCC4)c3s2)CC1.O=C(O)C(=O)O. The van der Waals surface area contributed by atoms with E-state index in [1.54, 1.807) is 15.6 Å². The molecule has 16 heteroatoms. The number of aromatic amines is 1. The Hall–Kier alpha value is -3.70. The molecule has 0 aliphatic carbocycles. The third-order valence-corrected chi connectivity index (χ3v) is 9.21. The topological polar surface area (TPSA) is 182 Å². The molecule has 0 radical (unpaired) electrons. The highest BCUT2D eigenvalue weighted by Gasteiger charge is 2.25. The van der Waals surface area contributed by atoms with E-state index < -0.39 is 22.0 Å². The fraction of sp³-hybridized carbons (Fsp3) is 0.400. The fourth-order valence-corrected chi connectivity index (χ4v) is 6.74. The number of benzene rings is 1. The van der Waals surface area contributed by atoms with Gasteiger partial charge in [0.15, 0.2) is 11.6 Å². The highest BCUT2D eigenvalue weighted by Crippen LogP contribution is 2.36. The number of carboxylic acid groups (broad SMARTS) is 2. The van der Waals surface area contributed by atoms with Crippen LogP contribution in [0.3, 0.4) is 0 Å². The van der Waals surface area contributed by atoms with Crippen molar-refractivity contribution in [1.82, 2.24) is 29.4 Å². The van der Waals surface area contributed by atoms with Crippen molar-refractivity contribution in [2.45, 2.75) is 6.54 Å². The summed E-state index contributed by atoms with van der Waals surface area (Å²) < 4.78 is 31.9. The Labute approximate surface area is 239 Å². The molecule has 0 atom stereocenters. The Kier molecular flexibility index (Phi) is 8.46. The maximum atomic E-state index is 11.8. The Balaban J connectivity index is 0.000000511. The number of sulfonamides is 1. The van der Waals surface area contributed by atoms with Crippen molar-refractivity contribution in [1.29, 1.82) is 0 Å². The van der Waals surface area contributed by atoms with Gasteiger partial charge < -0.3 is 19.8 Å². The van der Waals surface area contributed by atoms with Gasteiger partial charge in [0.1, 0.15) is 0 Å². The smallest absolute Gasteiger partial charge is 0.414 e. The van der Waals surface area contributed by atoms with Gasteiger partial charge >= 0.3 is 11.9 Å². The van der Waals surface area contributed by atoms with Crippen LogP contribution >= 0.6 is 11.3 Å². The van der Waals surface area contributed by atoms with Gasteiger partial charge in [-0.15, -0.1) is 11.3 Å². The number of nitrogens with one attached hydrogen (secondary N) is 1. The van der Waals surface area contributed by atoms with Gasteiger partial charge in [-0.1, -0.05) is 12.1 Å². The number of hydrogen-bond acceptors (Lipinski definition) is 11. The van der Waals surface area contributed by atoms with Gasteiger partial charge in [-0.2, -0.15) is 9.40 Å². The number of piperazine rings is 1. The second-order valence-electron chi connectivity index (χ2n) is 9.58. The number of nitrogens with zero attached hydrogens (tertiary/aromatic N) is 6. The summed E-state index contributed by atoms with van der Waals surface area (Å²) in [6.07, 6.45) is 3.10. The van der Waals surface area contributed by atoms with Gasteiger partial charge in [0, 0.05) is 61.6 Å². The minimum Gasteiger partial charge on any atom is -0.473 e. The summed E-state index contributed by atoms with van der Waals surface area (Å²) >= 11 is 1.73. The van der Waals surface area contributed by atoms with Crippen molar-refractivity contribution < 1.29 is 33.0 Å². The molecule has 41 heavy (non-hydrogen) atoms. The average molecular weight is 604 g/mol. The molecule has 2 saturated heterocycles. The van der Waals surface area contributed by atoms with E-state index in [4.69, 9.17) is 34.5 Å². The summed E-state index contributed by atoms with van der Waals surface area (Å²) in [5.41, 5.74) is 2.85. The van der Waals surface area contributed by atoms with Crippen LogP contribution in [0.1, 0.15) is 4.88 Å². The molecule has 218 valence electrons. The number of morpholine rings is 1. The van der Waals surface area contributed by atoms with Gasteiger partial charge in [0.05, 0.1) is 41.4 Å². The maximum Gasteiger partial charge on any atom is 0.414 e. The Morgan fingerprint density at radius 1 is 1.05 bits per heavy atom. The van der Waals surface area contributed by atoms with Crippen LogP contribution in [0.25, 0.3) is 32.5 Å². The average Bonchev–Trinajstić information content (AvgIpc) is 3.60. The lowest BCUT2D eigenvalue weighted by Crippen LogP contribution is -2.47. The van der Waals surface area contributed by atoms with E-state index in [-0.39, 0.29) is 0 Å². The lowest BCUT2D eigenvalue weighted by molar-refractivity contribution is -0.159. The van der Waals surface area contributed by atoms with E-state index in [1.807, 2.05) is 24.4 Å². The molecule has 4 aromatic rings. The zero-order chi connectivity index (χ0) is 29.1. The van der Waals surface area contributed by atoms with Gasteiger partial charge in [-0.05, 0) is 12.1 Å². The number of aliphatic carboxylic acids is 2. The number of rotatable bonds is 5. The van der Waals surface area contributed by atoms with Crippen molar-refractivity contribution in [2.24, 2.45) is 0 Å². The molecule has 3 aromatic heterocycles. The molecule has 0 unspecified atom stereocenters. The lowest BCUT2D eigenvalue weighted by Gasteiger charge is -2.32. The molecule has 1 aromatic carbocycles. The number of hydrogen-bond donors (Lipinski definition) is 3. The number of fused-ring (bicyclic) bond motifs is 2. The standard InChI is InChI=1S/C23H27N7O3S2.C2H2O4/c1-35(31,32)30-7-5-28(6-8-30)15-16-13-20-21(34-16)23(29-9-11-33-12-10-29)26-22(25-20)17-3-2-4-19-18(17)14-24-27-19;3-1(4)2(5)6/h2-4,13-14H,5-12,15H2,1H3,(H,24,27);(H,3,4)(H,5,6). The van der Waals surface area contributed by atoms with Crippen LogP contribution in [-0.2, 0) is 30.9 Å². The van der Waals surface area contributed by atoms with E-state index in [1.165, 1.54) is 11.1 Å². The Bertz CT molecular complexity index is 1660. The molecular weight excluding hydrogens is 574 g/mol. The predicted octanol–water partition coefficient (Wildman–Crippen LogP) is 1.30. The van der Waals surface area contributed by atoms with Crippen molar-refractivity contribution in [3.63, 3.8) is 0 Å². The van der Waals surface area contributed by atoms with Crippen LogP contribution in [-0.4, -0.2) is 119 Å². The van der Waals surface area contributed by atoms with E-state index in [0.717, 1.165) is 65.2 Å². The molecule has 2 aliphatic rings. The van der Waals surface area contributed by atoms with Gasteiger partial charge in [-0.25, -0.2) is 28.0 Å². The summed E-state index contributed by atoms with van der Waals surface area (Å²) in [5.74, 6) is -2.01. The van der Waals surface area contributed by atoms with E-state index in [9.17, 15) is 8.42 Å². The number of H-pyrrole nitrogens is 1. The maximum absolute atomic E-state index is 11.8. The summed E-state index contributed by atoms with van der Waals surface area (Å²) in [4.78, 5) is 34.0. The van der Waals surface area contributed by atoms with Crippen LogP contribution in [0.5, 0.6) is 0 Å². The van der Waals surface area contributed by atoms with Crippen LogP contribution < -0.4 is 4.90 Å². The van der Waals surface area contributed by atoms with E-state index in [2.05, 4.69) is 26.1 Å². The minimum atomic E-state index is -3.13. The second kappa shape index (κ2) is 12.0. The Morgan fingerprint density at radius 2 is 1.76 bits per heavy atom. The lowest BCUT2D eigenvalue weighted by atomic mass is 10.1. The summed E-state index contributed by atoms with van der Waals surface area (Å²) in [6.45, 7) is 6.22. The number of aromatic nitrogens is 4. The number of carboxylic acids is 2. The van der Waals surface area contributed by atoms with Gasteiger partial charge in [0.25, 0.3) is 0 Å². The number of anilines is 1. The highest BCUT2D eigenvalue weighted by molar-refractivity contribution is 7.88. The molecular formula is C25H29N7O7S2. The number of carbonyl (C=O) groups is 2. The molecule has 0 bridgehead atoms. The molecule has 0 amide bonds. The molecule has 3 N–H and O–H groups in total. The van der Waals surface area contributed by atoms with Crippen molar-refractivity contribution in [3.8, 4) is 11.4 Å². The van der Waals surface area contributed by atoms with Crippen LogP contribution in [0, 0.1) is 0 Å². The first-order valence-electron chi connectivity index (χ1n) is 12.8. The van der Waals surface area contributed by atoms with Gasteiger partial charge in [0.2, 0.25) is 10.0 Å². The molecule has 2 aliphatic heterocycles. The predicted molar refractivity (Wildman–Crippen MR) is 153 cm³/mol. The summed E-state index contributed by atoms with van der Waals surface area (Å²) in [5, 5.41) is 23.0. The summed E-state index contributed by atoms with van der Waals surface area (Å²) in [6, 6.07) is 8.19. The van der Waals surface area contributed by atoms with Crippen molar-refractivity contribution in [3.05, 3.63) is 35.3 Å². The molecule has 6 rings (SSSR count). The monoisotopic (exact) mass is 603 g/mol. The molecule has 0 saturated carbocycles. The fourth-order valence-electron chi connectivity index (χ4n) is 4.75. The number of ether oxygens (including phenoxy) is 1. The zero-order valence-corrected chi connectivity index (χ0v) is 23.8. The molecule has 0 spiro atoms. The van der Waals surface area contributed by atoms with Crippen molar-refractivity contribution >= 4 is 60.2 Å². The van der Waals surface area contributed by atoms with E-state index >= 15 is 0 Å². The zero-order valence-electron chi connectivity index (χ0n) is 22.2. The first-order valence-corrected chi connectivity index (χ1v) is 15.5. The highest BCUT2D eigenvalue weighted by atomic mass is 32.2. The normalized spacial score (nSPS) is 17.0. The Morgan fingerprint density at radius 3 is 2.41 bits per heavy atom. The third kappa shape index (κ3) is 6.62. The molecule has 14 nitrogen and oxygen atoms in total. The molecule has 5 heterocycles. The van der Waals surface area contributed by atoms with Crippen LogP contribution in [0.15, 0.2) is 30.5 Å². The van der Waals surface area contributed by atoms with Crippen LogP contribution in [0.4, 0.5) is 5.82 Å². The van der Waals surface area contributed by atoms with Crippen LogP contribution in [0.2, 0.25) is 0 Å². The summed E-state index contributed by atoms with van der Waals surface area (Å²) in [7, 11) is -3.13. The first kappa shape index (κ1) is 28.8. The van der Waals surface area contributed by atoms with Gasteiger partial charge in [-0.3, -0.25) is 10.00 Å². The quantitative estimate of drug-likeness (QED) is 0.279.